The van der Waals surface area contributed by atoms with Gasteiger partial charge in [0.2, 0.25) is 15.9 Å². The highest BCUT2D eigenvalue weighted by Crippen LogP contribution is 2.22. The molecule has 1 aliphatic heterocycles. The molecule has 2 aromatic rings. The molecular weight excluding hydrogens is 386 g/mol. The van der Waals surface area contributed by atoms with Gasteiger partial charge in [-0.2, -0.15) is 4.31 Å². The van der Waals surface area contributed by atoms with Crippen LogP contribution in [0.15, 0.2) is 53.4 Å². The first-order valence-electron chi connectivity index (χ1n) is 8.85. The largest absolute Gasteiger partial charge is 0.376 e. The molecule has 1 saturated heterocycles. The number of rotatable bonds is 6. The van der Waals surface area contributed by atoms with E-state index in [9.17, 15) is 13.2 Å². The van der Waals surface area contributed by atoms with Crippen LogP contribution in [0, 0.1) is 0 Å². The average Bonchev–Trinajstić information content (AvgIpc) is 2.69. The van der Waals surface area contributed by atoms with Crippen LogP contribution in [0.5, 0.6) is 0 Å². The van der Waals surface area contributed by atoms with Gasteiger partial charge in [-0.15, -0.1) is 0 Å². The van der Waals surface area contributed by atoms with Crippen LogP contribution in [-0.4, -0.2) is 38.3 Å². The minimum absolute atomic E-state index is 0.0451. The molecule has 27 heavy (non-hydrogen) atoms. The predicted octanol–water partition coefficient (Wildman–Crippen LogP) is 3.57. The Bertz CT molecular complexity index is 895. The standard InChI is InChI=1S/C19H22ClN3O3S/c20-17-6-2-3-7-18(17)22-19(24)14-21-15-8-10-16(11-9-15)27(25,26)23-12-4-1-5-13-23/h2-3,6-11,21H,1,4-5,12-14H2,(H,22,24). The molecular formula is C19H22ClN3O3S. The number of nitrogens with one attached hydrogen (secondary N) is 2. The highest BCUT2D eigenvalue weighted by Gasteiger charge is 2.25. The summed E-state index contributed by atoms with van der Waals surface area (Å²) < 4.78 is 26.8. The van der Waals surface area contributed by atoms with E-state index in [4.69, 9.17) is 11.6 Å². The maximum absolute atomic E-state index is 12.6. The van der Waals surface area contributed by atoms with Crippen molar-refractivity contribution in [3.8, 4) is 0 Å². The first-order valence-corrected chi connectivity index (χ1v) is 10.7. The molecule has 6 nitrogen and oxygen atoms in total. The molecule has 3 rings (SSSR count). The first kappa shape index (κ1) is 19.7. The van der Waals surface area contributed by atoms with Crippen molar-refractivity contribution in [2.24, 2.45) is 0 Å². The number of carbonyl (C=O) groups is 1. The third-order valence-corrected chi connectivity index (χ3v) is 6.65. The van der Waals surface area contributed by atoms with Crippen molar-refractivity contribution >= 4 is 38.9 Å². The van der Waals surface area contributed by atoms with Crippen LogP contribution in [0.1, 0.15) is 19.3 Å². The Morgan fingerprint density at radius 1 is 1.00 bits per heavy atom. The quantitative estimate of drug-likeness (QED) is 0.767. The van der Waals surface area contributed by atoms with Gasteiger partial charge in [0.1, 0.15) is 0 Å². The van der Waals surface area contributed by atoms with E-state index in [0.717, 1.165) is 19.3 Å². The van der Waals surface area contributed by atoms with Crippen LogP contribution in [-0.2, 0) is 14.8 Å². The number of piperidine rings is 1. The Kier molecular flexibility index (Phi) is 6.36. The fourth-order valence-electron chi connectivity index (χ4n) is 2.94. The molecule has 0 atom stereocenters. The maximum atomic E-state index is 12.6. The van der Waals surface area contributed by atoms with Crippen LogP contribution in [0.3, 0.4) is 0 Å². The van der Waals surface area contributed by atoms with Gasteiger partial charge in [0.25, 0.3) is 0 Å². The average molecular weight is 408 g/mol. The van der Waals surface area contributed by atoms with E-state index >= 15 is 0 Å². The summed E-state index contributed by atoms with van der Waals surface area (Å²) in [7, 11) is -3.44. The Morgan fingerprint density at radius 3 is 2.33 bits per heavy atom. The van der Waals surface area contributed by atoms with Gasteiger partial charge in [-0.1, -0.05) is 30.2 Å². The monoisotopic (exact) mass is 407 g/mol. The fraction of sp³-hybridized carbons (Fsp3) is 0.316. The van der Waals surface area contributed by atoms with Crippen molar-refractivity contribution in [3.05, 3.63) is 53.6 Å². The topological polar surface area (TPSA) is 78.5 Å². The normalized spacial score (nSPS) is 15.3. The van der Waals surface area contributed by atoms with E-state index in [2.05, 4.69) is 10.6 Å². The van der Waals surface area contributed by atoms with Gasteiger partial charge in [-0.3, -0.25) is 4.79 Å². The molecule has 0 aromatic heterocycles. The van der Waals surface area contributed by atoms with Gasteiger partial charge < -0.3 is 10.6 Å². The van der Waals surface area contributed by atoms with Crippen LogP contribution in [0.25, 0.3) is 0 Å². The zero-order valence-corrected chi connectivity index (χ0v) is 16.4. The van der Waals surface area contributed by atoms with Crippen LogP contribution in [0.4, 0.5) is 11.4 Å². The molecule has 8 heteroatoms. The number of nitrogens with zero attached hydrogens (tertiary/aromatic N) is 1. The number of halogens is 1. The molecule has 1 aliphatic rings. The SMILES string of the molecule is O=C(CNc1ccc(S(=O)(=O)N2CCCCC2)cc1)Nc1ccccc1Cl. The van der Waals surface area contributed by atoms with E-state index in [0.29, 0.717) is 29.5 Å². The van der Waals surface area contributed by atoms with E-state index in [1.807, 2.05) is 0 Å². The molecule has 2 N–H and O–H groups in total. The summed E-state index contributed by atoms with van der Waals surface area (Å²) in [5, 5.41) is 6.17. The number of para-hydroxylation sites is 1. The lowest BCUT2D eigenvalue weighted by atomic mass is 10.2. The van der Waals surface area contributed by atoms with Gasteiger partial charge in [0, 0.05) is 18.8 Å². The molecule has 1 amide bonds. The second kappa shape index (κ2) is 8.73. The van der Waals surface area contributed by atoms with Crippen molar-refractivity contribution in [1.29, 1.82) is 0 Å². The van der Waals surface area contributed by atoms with E-state index in [-0.39, 0.29) is 17.3 Å². The van der Waals surface area contributed by atoms with Crippen molar-refractivity contribution in [1.82, 2.24) is 4.31 Å². The highest BCUT2D eigenvalue weighted by atomic mass is 35.5. The fourth-order valence-corrected chi connectivity index (χ4v) is 4.64. The van der Waals surface area contributed by atoms with E-state index in [1.54, 1.807) is 48.5 Å². The summed E-state index contributed by atoms with van der Waals surface area (Å²) >= 11 is 6.01. The summed E-state index contributed by atoms with van der Waals surface area (Å²) in [6.45, 7) is 1.19. The summed E-state index contributed by atoms with van der Waals surface area (Å²) in [6.07, 6.45) is 2.88. The van der Waals surface area contributed by atoms with Crippen molar-refractivity contribution in [3.63, 3.8) is 0 Å². The van der Waals surface area contributed by atoms with Gasteiger partial charge in [-0.25, -0.2) is 8.42 Å². The summed E-state index contributed by atoms with van der Waals surface area (Å²) in [6, 6.07) is 13.5. The number of sulfonamides is 1. The first-order chi connectivity index (χ1) is 13.0. The van der Waals surface area contributed by atoms with Crippen LogP contribution >= 0.6 is 11.6 Å². The number of amides is 1. The Balaban J connectivity index is 1.57. The van der Waals surface area contributed by atoms with Gasteiger partial charge in [0.15, 0.2) is 0 Å². The minimum Gasteiger partial charge on any atom is -0.376 e. The second-order valence-electron chi connectivity index (χ2n) is 6.37. The summed E-state index contributed by atoms with van der Waals surface area (Å²) in [4.78, 5) is 12.3. The zero-order chi connectivity index (χ0) is 19.3. The molecule has 1 fully saturated rings. The zero-order valence-electron chi connectivity index (χ0n) is 14.8. The molecule has 0 spiro atoms. The molecule has 0 aliphatic carbocycles. The second-order valence-corrected chi connectivity index (χ2v) is 8.72. The Labute approximate surface area is 164 Å². The van der Waals surface area contributed by atoms with Crippen LogP contribution in [0.2, 0.25) is 5.02 Å². The summed E-state index contributed by atoms with van der Waals surface area (Å²) in [5.74, 6) is -0.242. The highest BCUT2D eigenvalue weighted by molar-refractivity contribution is 7.89. The Hall–Kier alpha value is -2.09. The lowest BCUT2D eigenvalue weighted by Gasteiger charge is -2.25. The lowest BCUT2D eigenvalue weighted by Crippen LogP contribution is -2.35. The maximum Gasteiger partial charge on any atom is 0.243 e. The molecule has 0 unspecified atom stereocenters. The third-order valence-electron chi connectivity index (χ3n) is 4.41. The molecule has 144 valence electrons. The number of hydrogen-bond donors (Lipinski definition) is 2. The van der Waals surface area contributed by atoms with Crippen molar-refractivity contribution in [2.45, 2.75) is 24.2 Å². The molecule has 2 aromatic carbocycles. The third kappa shape index (κ3) is 5.00. The molecule has 0 bridgehead atoms. The smallest absolute Gasteiger partial charge is 0.243 e. The molecule has 0 saturated carbocycles. The van der Waals surface area contributed by atoms with Crippen molar-refractivity contribution < 1.29 is 13.2 Å². The van der Waals surface area contributed by atoms with E-state index in [1.165, 1.54) is 4.31 Å². The Morgan fingerprint density at radius 2 is 1.67 bits per heavy atom. The van der Waals surface area contributed by atoms with Crippen molar-refractivity contribution in [2.75, 3.05) is 30.3 Å². The van der Waals surface area contributed by atoms with Gasteiger partial charge in [0.05, 0.1) is 22.2 Å². The number of carbonyl (C=O) groups excluding carboxylic acids is 1. The minimum atomic E-state index is -3.44. The molecule has 0 radical (unpaired) electrons. The number of benzene rings is 2. The number of anilines is 2. The van der Waals surface area contributed by atoms with Gasteiger partial charge in [-0.05, 0) is 49.2 Å². The van der Waals surface area contributed by atoms with E-state index < -0.39 is 10.0 Å². The number of hydrogen-bond acceptors (Lipinski definition) is 4. The van der Waals surface area contributed by atoms with Crippen LogP contribution < -0.4 is 10.6 Å². The molecule has 1 heterocycles. The summed E-state index contributed by atoms with van der Waals surface area (Å²) in [5.41, 5.74) is 1.22. The predicted molar refractivity (Wildman–Crippen MR) is 108 cm³/mol. The lowest BCUT2D eigenvalue weighted by molar-refractivity contribution is -0.114. The van der Waals surface area contributed by atoms with Gasteiger partial charge >= 0.3 is 0 Å².